The van der Waals surface area contributed by atoms with Crippen LogP contribution < -0.4 is 5.32 Å². The summed E-state index contributed by atoms with van der Waals surface area (Å²) in [6.07, 6.45) is 3.67. The van der Waals surface area contributed by atoms with Crippen molar-refractivity contribution in [1.29, 1.82) is 0 Å². The van der Waals surface area contributed by atoms with Crippen LogP contribution in [0.3, 0.4) is 0 Å². The summed E-state index contributed by atoms with van der Waals surface area (Å²) in [6, 6.07) is 6.19. The van der Waals surface area contributed by atoms with Gasteiger partial charge in [-0.05, 0) is 24.3 Å². The van der Waals surface area contributed by atoms with E-state index < -0.39 is 0 Å². The van der Waals surface area contributed by atoms with Crippen LogP contribution in [-0.4, -0.2) is 41.3 Å². The number of hydrogen-bond acceptors (Lipinski definition) is 4. The third kappa shape index (κ3) is 4.41. The Morgan fingerprint density at radius 3 is 2.80 bits per heavy atom. The zero-order valence-corrected chi connectivity index (χ0v) is 11.1. The van der Waals surface area contributed by atoms with Gasteiger partial charge in [0.1, 0.15) is 5.82 Å². The largest absolute Gasteiger partial charge is 0.394 e. The monoisotopic (exact) mass is 279 g/mol. The molecule has 0 fully saturated rings. The maximum absolute atomic E-state index is 12.8. The Balaban J connectivity index is 1.79. The zero-order valence-electron chi connectivity index (χ0n) is 11.1. The Morgan fingerprint density at radius 2 is 2.05 bits per heavy atom. The zero-order chi connectivity index (χ0) is 14.2. The van der Waals surface area contributed by atoms with E-state index in [9.17, 15) is 4.39 Å². The van der Waals surface area contributed by atoms with Gasteiger partial charge in [-0.15, -0.1) is 0 Å². The number of hydrogen-bond donors (Lipinski definition) is 2. The molecule has 0 saturated carbocycles. The summed E-state index contributed by atoms with van der Waals surface area (Å²) < 4.78 is 19.7. The molecule has 5 nitrogen and oxygen atoms in total. The number of aliphatic hydroxyl groups is 1. The molecule has 1 aromatic carbocycles. The van der Waals surface area contributed by atoms with Crippen molar-refractivity contribution in [3.8, 4) is 5.69 Å². The second-order valence-electron chi connectivity index (χ2n) is 4.28. The molecule has 0 saturated heterocycles. The van der Waals surface area contributed by atoms with E-state index in [2.05, 4.69) is 10.4 Å². The summed E-state index contributed by atoms with van der Waals surface area (Å²) >= 11 is 0. The third-order valence-electron chi connectivity index (χ3n) is 2.72. The first-order chi connectivity index (χ1) is 9.79. The van der Waals surface area contributed by atoms with Crippen LogP contribution in [0.5, 0.6) is 0 Å². The van der Waals surface area contributed by atoms with Crippen molar-refractivity contribution in [2.75, 3.05) is 26.4 Å². The van der Waals surface area contributed by atoms with Gasteiger partial charge in [-0.1, -0.05) is 0 Å². The quantitative estimate of drug-likeness (QED) is 0.711. The Kier molecular flexibility index (Phi) is 5.67. The van der Waals surface area contributed by atoms with Crippen LogP contribution in [0.1, 0.15) is 5.56 Å². The molecule has 0 spiro atoms. The second kappa shape index (κ2) is 7.74. The van der Waals surface area contributed by atoms with Gasteiger partial charge >= 0.3 is 0 Å². The van der Waals surface area contributed by atoms with Crippen molar-refractivity contribution < 1.29 is 14.2 Å². The first-order valence-corrected chi connectivity index (χ1v) is 6.48. The molecule has 2 aromatic rings. The molecule has 0 unspecified atom stereocenters. The van der Waals surface area contributed by atoms with Crippen LogP contribution in [0.4, 0.5) is 4.39 Å². The third-order valence-corrected chi connectivity index (χ3v) is 2.72. The minimum atomic E-state index is -0.259. The maximum atomic E-state index is 12.8. The molecular formula is C14H18FN3O2. The first kappa shape index (κ1) is 14.6. The predicted octanol–water partition coefficient (Wildman–Crippen LogP) is 1.11. The Bertz CT molecular complexity index is 513. The van der Waals surface area contributed by atoms with Gasteiger partial charge in [-0.2, -0.15) is 5.10 Å². The second-order valence-corrected chi connectivity index (χ2v) is 4.28. The fourth-order valence-electron chi connectivity index (χ4n) is 1.73. The van der Waals surface area contributed by atoms with E-state index in [1.165, 1.54) is 12.1 Å². The highest BCUT2D eigenvalue weighted by atomic mass is 19.1. The Hall–Kier alpha value is -1.76. The molecule has 6 heteroatoms. The maximum Gasteiger partial charge on any atom is 0.123 e. The minimum Gasteiger partial charge on any atom is -0.394 e. The van der Waals surface area contributed by atoms with Crippen LogP contribution >= 0.6 is 0 Å². The fraction of sp³-hybridized carbons (Fsp3) is 0.357. The van der Waals surface area contributed by atoms with Crippen LogP contribution in [0, 0.1) is 5.82 Å². The van der Waals surface area contributed by atoms with Crippen LogP contribution in [-0.2, 0) is 11.3 Å². The van der Waals surface area contributed by atoms with Gasteiger partial charge in [0.15, 0.2) is 0 Å². The van der Waals surface area contributed by atoms with Gasteiger partial charge in [-0.25, -0.2) is 9.07 Å². The van der Waals surface area contributed by atoms with E-state index in [0.29, 0.717) is 26.3 Å². The summed E-state index contributed by atoms with van der Waals surface area (Å²) in [7, 11) is 0. The molecule has 0 bridgehead atoms. The lowest BCUT2D eigenvalue weighted by molar-refractivity contribution is 0.0938. The summed E-state index contributed by atoms with van der Waals surface area (Å²) in [5.74, 6) is -0.259. The van der Waals surface area contributed by atoms with Crippen molar-refractivity contribution in [3.63, 3.8) is 0 Å². The molecule has 1 heterocycles. The molecule has 0 atom stereocenters. The predicted molar refractivity (Wildman–Crippen MR) is 73.1 cm³/mol. The van der Waals surface area contributed by atoms with Crippen LogP contribution in [0.2, 0.25) is 0 Å². The van der Waals surface area contributed by atoms with E-state index in [1.54, 1.807) is 23.0 Å². The summed E-state index contributed by atoms with van der Waals surface area (Å²) in [5.41, 5.74) is 1.86. The van der Waals surface area contributed by atoms with Crippen molar-refractivity contribution in [2.24, 2.45) is 0 Å². The lowest BCUT2D eigenvalue weighted by Gasteiger charge is -2.03. The number of ether oxygens (including phenoxy) is 1. The number of nitrogens with one attached hydrogen (secondary N) is 1. The number of halogens is 1. The number of nitrogens with zero attached hydrogens (tertiary/aromatic N) is 2. The van der Waals surface area contributed by atoms with Crippen molar-refractivity contribution in [1.82, 2.24) is 15.1 Å². The van der Waals surface area contributed by atoms with Crippen molar-refractivity contribution in [2.45, 2.75) is 6.54 Å². The number of aliphatic hydroxyl groups excluding tert-OH is 1. The lowest BCUT2D eigenvalue weighted by Crippen LogP contribution is -2.19. The van der Waals surface area contributed by atoms with Gasteiger partial charge in [-0.3, -0.25) is 0 Å². The minimum absolute atomic E-state index is 0.0461. The van der Waals surface area contributed by atoms with E-state index in [-0.39, 0.29) is 12.4 Å². The van der Waals surface area contributed by atoms with E-state index in [0.717, 1.165) is 11.3 Å². The van der Waals surface area contributed by atoms with Gasteiger partial charge < -0.3 is 15.2 Å². The molecule has 0 aliphatic heterocycles. The van der Waals surface area contributed by atoms with Gasteiger partial charge in [0.05, 0.1) is 31.7 Å². The highest BCUT2D eigenvalue weighted by Crippen LogP contribution is 2.09. The lowest BCUT2D eigenvalue weighted by atomic mass is 10.3. The average Bonchev–Trinajstić information content (AvgIpc) is 2.92. The SMILES string of the molecule is OCCOCCNCc1cnn(-c2ccc(F)cc2)c1. The number of rotatable bonds is 8. The molecule has 0 radical (unpaired) electrons. The Labute approximate surface area is 117 Å². The van der Waals surface area contributed by atoms with Gasteiger partial charge in [0.2, 0.25) is 0 Å². The number of aromatic nitrogens is 2. The summed E-state index contributed by atoms with van der Waals surface area (Å²) in [6.45, 7) is 2.37. The molecule has 2 rings (SSSR count). The van der Waals surface area contributed by atoms with Crippen LogP contribution in [0.15, 0.2) is 36.7 Å². The average molecular weight is 279 g/mol. The standard InChI is InChI=1S/C14H18FN3O2/c15-13-1-3-14(4-2-13)18-11-12(10-17-18)9-16-5-7-20-8-6-19/h1-4,10-11,16,19H,5-9H2. The fourth-order valence-corrected chi connectivity index (χ4v) is 1.73. The molecule has 0 aliphatic carbocycles. The van der Waals surface area contributed by atoms with E-state index in [4.69, 9.17) is 9.84 Å². The summed E-state index contributed by atoms with van der Waals surface area (Å²) in [5, 5.41) is 16.0. The normalized spacial score (nSPS) is 10.9. The topological polar surface area (TPSA) is 59.3 Å². The Morgan fingerprint density at radius 1 is 1.25 bits per heavy atom. The molecular weight excluding hydrogens is 261 g/mol. The molecule has 2 N–H and O–H groups in total. The van der Waals surface area contributed by atoms with Crippen molar-refractivity contribution in [3.05, 3.63) is 48.0 Å². The first-order valence-electron chi connectivity index (χ1n) is 6.48. The van der Waals surface area contributed by atoms with Crippen LogP contribution in [0.25, 0.3) is 5.69 Å². The van der Waals surface area contributed by atoms with Gasteiger partial charge in [0.25, 0.3) is 0 Å². The summed E-state index contributed by atoms with van der Waals surface area (Å²) in [4.78, 5) is 0. The molecule has 1 aromatic heterocycles. The molecule has 0 amide bonds. The van der Waals surface area contributed by atoms with E-state index >= 15 is 0 Å². The molecule has 0 aliphatic rings. The molecule has 108 valence electrons. The highest BCUT2D eigenvalue weighted by molar-refractivity contribution is 5.31. The van der Waals surface area contributed by atoms with Gasteiger partial charge in [0, 0.05) is 24.8 Å². The van der Waals surface area contributed by atoms with Crippen molar-refractivity contribution >= 4 is 0 Å². The number of benzene rings is 1. The molecule has 20 heavy (non-hydrogen) atoms. The van der Waals surface area contributed by atoms with E-state index in [1.807, 2.05) is 6.20 Å². The smallest absolute Gasteiger partial charge is 0.123 e. The highest BCUT2D eigenvalue weighted by Gasteiger charge is 2.01.